The van der Waals surface area contributed by atoms with Gasteiger partial charge in [0.1, 0.15) is 5.75 Å². The van der Waals surface area contributed by atoms with Crippen molar-refractivity contribution in [3.8, 4) is 5.75 Å². The van der Waals surface area contributed by atoms with Crippen LogP contribution in [0.1, 0.15) is 11.1 Å². The normalized spacial score (nSPS) is 11.6. The highest BCUT2D eigenvalue weighted by atomic mass is 32.2. The summed E-state index contributed by atoms with van der Waals surface area (Å²) in [6, 6.07) is 2.94. The average Bonchev–Trinajstić information content (AvgIpc) is 1.97. The molecule has 0 aliphatic rings. The third-order valence-corrected chi connectivity index (χ3v) is 2.98. The van der Waals surface area contributed by atoms with Crippen LogP contribution in [0.15, 0.2) is 17.0 Å². The fourth-order valence-electron chi connectivity index (χ4n) is 1.13. The number of phenolic OH excluding ortho intramolecular Hbond substituents is 1. The van der Waals surface area contributed by atoms with E-state index in [0.717, 1.165) is 6.26 Å². The Morgan fingerprint density at radius 2 is 1.54 bits per heavy atom. The smallest absolute Gasteiger partial charge is 0.175 e. The van der Waals surface area contributed by atoms with Crippen LogP contribution in [0.4, 0.5) is 0 Å². The third kappa shape index (κ3) is 2.01. The maximum atomic E-state index is 11.2. The van der Waals surface area contributed by atoms with Gasteiger partial charge in [0.25, 0.3) is 0 Å². The van der Waals surface area contributed by atoms with E-state index in [1.54, 1.807) is 13.8 Å². The van der Waals surface area contributed by atoms with Crippen molar-refractivity contribution in [3.05, 3.63) is 23.3 Å². The first kappa shape index (κ1) is 10.1. The van der Waals surface area contributed by atoms with Crippen molar-refractivity contribution >= 4 is 9.84 Å². The average molecular weight is 200 g/mol. The maximum absolute atomic E-state index is 11.2. The van der Waals surface area contributed by atoms with Crippen molar-refractivity contribution in [3.63, 3.8) is 0 Å². The van der Waals surface area contributed by atoms with Gasteiger partial charge in [0, 0.05) is 6.26 Å². The number of phenols is 1. The second kappa shape index (κ2) is 3.03. The molecule has 4 heteroatoms. The van der Waals surface area contributed by atoms with Gasteiger partial charge < -0.3 is 5.11 Å². The molecule has 0 unspecified atom stereocenters. The Morgan fingerprint density at radius 1 is 1.15 bits per heavy atom. The van der Waals surface area contributed by atoms with Crippen LogP contribution in [-0.4, -0.2) is 19.8 Å². The molecule has 13 heavy (non-hydrogen) atoms. The van der Waals surface area contributed by atoms with E-state index in [-0.39, 0.29) is 10.6 Å². The zero-order chi connectivity index (χ0) is 10.2. The molecule has 0 aromatic heterocycles. The van der Waals surface area contributed by atoms with Gasteiger partial charge in [-0.05, 0) is 37.1 Å². The molecule has 1 N–H and O–H groups in total. The monoisotopic (exact) mass is 200 g/mol. The SMILES string of the molecule is Cc1cc(S(C)(=O)=O)cc(C)c1O. The molecule has 72 valence electrons. The number of aryl methyl sites for hydroxylation is 2. The first-order valence-electron chi connectivity index (χ1n) is 3.82. The van der Waals surface area contributed by atoms with Gasteiger partial charge in [-0.3, -0.25) is 0 Å². The summed E-state index contributed by atoms with van der Waals surface area (Å²) in [6.45, 7) is 3.36. The summed E-state index contributed by atoms with van der Waals surface area (Å²) >= 11 is 0. The molecule has 0 amide bonds. The molecule has 0 saturated heterocycles. The van der Waals surface area contributed by atoms with Crippen molar-refractivity contribution in [2.24, 2.45) is 0 Å². The maximum Gasteiger partial charge on any atom is 0.175 e. The predicted octanol–water partition coefficient (Wildman–Crippen LogP) is 1.41. The predicted molar refractivity (Wildman–Crippen MR) is 50.7 cm³/mol. The minimum absolute atomic E-state index is 0.160. The topological polar surface area (TPSA) is 54.4 Å². The molecule has 0 saturated carbocycles. The second-order valence-electron chi connectivity index (χ2n) is 3.18. The molecule has 0 spiro atoms. The fourth-order valence-corrected chi connectivity index (χ4v) is 1.91. The number of sulfone groups is 1. The third-order valence-electron chi connectivity index (χ3n) is 1.89. The van der Waals surface area contributed by atoms with Crippen LogP contribution < -0.4 is 0 Å². The van der Waals surface area contributed by atoms with E-state index in [1.807, 2.05) is 0 Å². The summed E-state index contributed by atoms with van der Waals surface area (Å²) in [4.78, 5) is 0.250. The van der Waals surface area contributed by atoms with E-state index in [9.17, 15) is 13.5 Å². The summed E-state index contributed by atoms with van der Waals surface area (Å²) in [5, 5.41) is 9.40. The Kier molecular flexibility index (Phi) is 2.34. The van der Waals surface area contributed by atoms with Crippen molar-refractivity contribution in [2.45, 2.75) is 18.7 Å². The van der Waals surface area contributed by atoms with Gasteiger partial charge >= 0.3 is 0 Å². The van der Waals surface area contributed by atoms with Gasteiger partial charge in [0.05, 0.1) is 4.90 Å². The van der Waals surface area contributed by atoms with Crippen LogP contribution in [0.25, 0.3) is 0 Å². The highest BCUT2D eigenvalue weighted by Gasteiger charge is 2.10. The molecule has 3 nitrogen and oxygen atoms in total. The Morgan fingerprint density at radius 3 is 1.85 bits per heavy atom. The molecule has 1 aromatic rings. The summed E-state index contributed by atoms with van der Waals surface area (Å²) < 4.78 is 22.3. The fraction of sp³-hybridized carbons (Fsp3) is 0.333. The Bertz CT molecular complexity index is 409. The number of aromatic hydroxyl groups is 1. The molecular formula is C9H12O3S. The molecule has 1 rings (SSSR count). The minimum atomic E-state index is -3.18. The zero-order valence-corrected chi connectivity index (χ0v) is 8.64. The molecule has 0 radical (unpaired) electrons. The van der Waals surface area contributed by atoms with Crippen LogP contribution in [-0.2, 0) is 9.84 Å². The largest absolute Gasteiger partial charge is 0.507 e. The van der Waals surface area contributed by atoms with Crippen molar-refractivity contribution in [1.82, 2.24) is 0 Å². The van der Waals surface area contributed by atoms with E-state index in [1.165, 1.54) is 12.1 Å². The van der Waals surface area contributed by atoms with Crippen molar-refractivity contribution in [1.29, 1.82) is 0 Å². The minimum Gasteiger partial charge on any atom is -0.507 e. The van der Waals surface area contributed by atoms with Crippen LogP contribution in [0.5, 0.6) is 5.75 Å². The number of hydrogen-bond donors (Lipinski definition) is 1. The zero-order valence-electron chi connectivity index (χ0n) is 7.83. The second-order valence-corrected chi connectivity index (χ2v) is 5.19. The summed E-state index contributed by atoms with van der Waals surface area (Å²) in [7, 11) is -3.18. The van der Waals surface area contributed by atoms with Gasteiger partial charge in [-0.25, -0.2) is 8.42 Å². The van der Waals surface area contributed by atoms with Crippen molar-refractivity contribution in [2.75, 3.05) is 6.26 Å². The first-order valence-corrected chi connectivity index (χ1v) is 5.72. The van der Waals surface area contributed by atoms with Gasteiger partial charge in [-0.1, -0.05) is 0 Å². The molecule has 0 bridgehead atoms. The first-order chi connectivity index (χ1) is 5.82. The highest BCUT2D eigenvalue weighted by molar-refractivity contribution is 7.90. The molecule has 0 heterocycles. The van der Waals surface area contributed by atoms with Gasteiger partial charge in [-0.2, -0.15) is 0 Å². The quantitative estimate of drug-likeness (QED) is 0.745. The van der Waals surface area contributed by atoms with E-state index >= 15 is 0 Å². The summed E-state index contributed by atoms with van der Waals surface area (Å²) in [5.74, 6) is 0.160. The van der Waals surface area contributed by atoms with E-state index in [0.29, 0.717) is 11.1 Å². The molecule has 0 aliphatic carbocycles. The Labute approximate surface area is 77.9 Å². The van der Waals surface area contributed by atoms with Crippen LogP contribution in [0.3, 0.4) is 0 Å². The van der Waals surface area contributed by atoms with Crippen LogP contribution in [0.2, 0.25) is 0 Å². The van der Waals surface area contributed by atoms with E-state index in [4.69, 9.17) is 0 Å². The Balaban J connectivity index is 3.47. The lowest BCUT2D eigenvalue weighted by atomic mass is 10.1. The molecule has 0 aliphatic heterocycles. The summed E-state index contributed by atoms with van der Waals surface area (Å²) in [5.41, 5.74) is 1.17. The Hall–Kier alpha value is -1.03. The van der Waals surface area contributed by atoms with Crippen molar-refractivity contribution < 1.29 is 13.5 Å². The van der Waals surface area contributed by atoms with Crippen LogP contribution >= 0.6 is 0 Å². The standard InChI is InChI=1S/C9H12O3S/c1-6-4-8(13(3,11)12)5-7(2)9(6)10/h4-5,10H,1-3H3. The number of hydrogen-bond acceptors (Lipinski definition) is 3. The molecule has 1 aromatic carbocycles. The lowest BCUT2D eigenvalue weighted by Gasteiger charge is -2.05. The summed E-state index contributed by atoms with van der Waals surface area (Å²) in [6.07, 6.45) is 1.15. The lowest BCUT2D eigenvalue weighted by molar-refractivity contribution is 0.466. The van der Waals surface area contributed by atoms with E-state index < -0.39 is 9.84 Å². The lowest BCUT2D eigenvalue weighted by Crippen LogP contribution is -1.98. The van der Waals surface area contributed by atoms with Gasteiger partial charge in [0.15, 0.2) is 9.84 Å². The molecule has 0 fully saturated rings. The highest BCUT2D eigenvalue weighted by Crippen LogP contribution is 2.24. The molecule has 0 atom stereocenters. The van der Waals surface area contributed by atoms with Crippen LogP contribution in [0, 0.1) is 13.8 Å². The van der Waals surface area contributed by atoms with E-state index in [2.05, 4.69) is 0 Å². The van der Waals surface area contributed by atoms with Gasteiger partial charge in [-0.15, -0.1) is 0 Å². The number of rotatable bonds is 1. The van der Waals surface area contributed by atoms with Gasteiger partial charge in [0.2, 0.25) is 0 Å². The number of benzene rings is 1. The molecular weight excluding hydrogens is 188 g/mol.